The highest BCUT2D eigenvalue weighted by Crippen LogP contribution is 2.50. The van der Waals surface area contributed by atoms with Crippen LogP contribution in [0.4, 0.5) is 0 Å². The number of ether oxygens (including phenoxy) is 1. The number of aliphatic hydroxyl groups excluding tert-OH is 1. The van der Waals surface area contributed by atoms with Crippen LogP contribution in [0.1, 0.15) is 39.0 Å². The summed E-state index contributed by atoms with van der Waals surface area (Å²) in [7, 11) is 0. The number of nitriles is 2. The lowest BCUT2D eigenvalue weighted by atomic mass is 9.58. The number of hydrogen-bond acceptors (Lipinski definition) is 5. The molecule has 1 aliphatic heterocycles. The molecule has 1 aliphatic carbocycles. The molecule has 1 saturated heterocycles. The van der Waals surface area contributed by atoms with Gasteiger partial charge in [-0.2, -0.15) is 10.5 Å². The predicted molar refractivity (Wildman–Crippen MR) is 78.1 cm³/mol. The molecule has 0 bridgehead atoms. The summed E-state index contributed by atoms with van der Waals surface area (Å²) in [6.07, 6.45) is 3.70. The highest BCUT2D eigenvalue weighted by Gasteiger charge is 2.55. The van der Waals surface area contributed by atoms with Crippen molar-refractivity contribution in [3.05, 3.63) is 0 Å². The highest BCUT2D eigenvalue weighted by molar-refractivity contribution is 5.06. The number of hydrogen-bond donors (Lipinski definition) is 1. The van der Waals surface area contributed by atoms with Crippen molar-refractivity contribution in [2.75, 3.05) is 26.2 Å². The molecule has 0 aromatic carbocycles. The van der Waals surface area contributed by atoms with Crippen LogP contribution in [0.2, 0.25) is 0 Å². The van der Waals surface area contributed by atoms with Crippen molar-refractivity contribution < 1.29 is 9.84 Å². The van der Waals surface area contributed by atoms with Crippen LogP contribution in [0.3, 0.4) is 0 Å². The predicted octanol–water partition coefficient (Wildman–Crippen LogP) is 1.68. The molecular formula is C16H25N3O2. The van der Waals surface area contributed by atoms with Crippen molar-refractivity contribution in [1.29, 1.82) is 10.5 Å². The molecular weight excluding hydrogens is 266 g/mol. The SMILES string of the molecule is CCOC1CC(O)C12CCN(CC(C#N)CCC#N)CC2. The summed E-state index contributed by atoms with van der Waals surface area (Å²) in [5.41, 5.74) is -0.0543. The maximum Gasteiger partial charge on any atom is 0.0681 e. The first-order chi connectivity index (χ1) is 10.2. The first-order valence-electron chi connectivity index (χ1n) is 7.95. The lowest BCUT2D eigenvalue weighted by Crippen LogP contribution is -2.62. The summed E-state index contributed by atoms with van der Waals surface area (Å²) in [6, 6.07) is 4.41. The second-order valence-electron chi connectivity index (χ2n) is 6.25. The Labute approximate surface area is 127 Å². The summed E-state index contributed by atoms with van der Waals surface area (Å²) in [4.78, 5) is 2.30. The zero-order chi connectivity index (χ0) is 15.3. The maximum atomic E-state index is 10.2. The van der Waals surface area contributed by atoms with E-state index in [-0.39, 0.29) is 23.5 Å². The smallest absolute Gasteiger partial charge is 0.0681 e. The van der Waals surface area contributed by atoms with Gasteiger partial charge in [-0.1, -0.05) is 0 Å². The van der Waals surface area contributed by atoms with Gasteiger partial charge in [0.1, 0.15) is 0 Å². The summed E-state index contributed by atoms with van der Waals surface area (Å²) >= 11 is 0. The van der Waals surface area contributed by atoms with Gasteiger partial charge >= 0.3 is 0 Å². The van der Waals surface area contributed by atoms with Crippen molar-refractivity contribution >= 4 is 0 Å². The van der Waals surface area contributed by atoms with E-state index in [1.54, 1.807) is 0 Å². The Morgan fingerprint density at radius 1 is 1.38 bits per heavy atom. The summed E-state index contributed by atoms with van der Waals surface area (Å²) < 4.78 is 5.77. The van der Waals surface area contributed by atoms with Gasteiger partial charge < -0.3 is 14.7 Å². The molecule has 1 saturated carbocycles. The van der Waals surface area contributed by atoms with Gasteiger partial charge in [-0.25, -0.2) is 0 Å². The number of rotatable bonds is 6. The Morgan fingerprint density at radius 2 is 2.10 bits per heavy atom. The van der Waals surface area contributed by atoms with E-state index in [0.29, 0.717) is 19.4 Å². The minimum Gasteiger partial charge on any atom is -0.392 e. The van der Waals surface area contributed by atoms with Crippen LogP contribution >= 0.6 is 0 Å². The Hall–Kier alpha value is -1.14. The van der Waals surface area contributed by atoms with Gasteiger partial charge in [0, 0.05) is 31.4 Å². The molecule has 1 spiro atoms. The molecule has 3 atom stereocenters. The zero-order valence-electron chi connectivity index (χ0n) is 12.8. The molecule has 0 amide bonds. The average Bonchev–Trinajstić information content (AvgIpc) is 2.52. The van der Waals surface area contributed by atoms with Crippen molar-refractivity contribution in [2.45, 2.75) is 51.2 Å². The number of likely N-dealkylation sites (tertiary alicyclic amines) is 1. The highest BCUT2D eigenvalue weighted by atomic mass is 16.5. The summed E-state index contributed by atoms with van der Waals surface area (Å²) in [5, 5.41) is 27.9. The van der Waals surface area contributed by atoms with E-state index in [4.69, 9.17) is 15.3 Å². The maximum absolute atomic E-state index is 10.2. The van der Waals surface area contributed by atoms with Gasteiger partial charge in [-0.3, -0.25) is 0 Å². The Morgan fingerprint density at radius 3 is 2.62 bits per heavy atom. The summed E-state index contributed by atoms with van der Waals surface area (Å²) in [6.45, 7) is 5.26. The Bertz CT molecular complexity index is 416. The number of nitrogens with zero attached hydrogens (tertiary/aromatic N) is 3. The normalized spacial score (nSPS) is 29.3. The molecule has 2 rings (SSSR count). The van der Waals surface area contributed by atoms with Gasteiger partial charge in [0.2, 0.25) is 0 Å². The van der Waals surface area contributed by atoms with Gasteiger partial charge in [0.15, 0.2) is 0 Å². The molecule has 3 unspecified atom stereocenters. The summed E-state index contributed by atoms with van der Waals surface area (Å²) in [5.74, 6) is -0.0623. The average molecular weight is 291 g/mol. The fourth-order valence-corrected chi connectivity index (χ4v) is 3.72. The number of aliphatic hydroxyl groups is 1. The van der Waals surface area contributed by atoms with Crippen LogP contribution in [0.15, 0.2) is 0 Å². The lowest BCUT2D eigenvalue weighted by molar-refractivity contribution is -0.209. The van der Waals surface area contributed by atoms with E-state index in [2.05, 4.69) is 17.0 Å². The van der Waals surface area contributed by atoms with Gasteiger partial charge in [0.25, 0.3) is 0 Å². The fraction of sp³-hybridized carbons (Fsp3) is 0.875. The Balaban J connectivity index is 1.83. The van der Waals surface area contributed by atoms with Crippen LogP contribution in [-0.4, -0.2) is 48.5 Å². The molecule has 116 valence electrons. The van der Waals surface area contributed by atoms with E-state index in [1.165, 1.54) is 0 Å². The monoisotopic (exact) mass is 291 g/mol. The van der Waals surface area contributed by atoms with E-state index in [0.717, 1.165) is 38.9 Å². The second kappa shape index (κ2) is 7.22. The van der Waals surface area contributed by atoms with E-state index >= 15 is 0 Å². The molecule has 1 heterocycles. The van der Waals surface area contributed by atoms with Gasteiger partial charge in [-0.15, -0.1) is 0 Å². The molecule has 1 N–H and O–H groups in total. The zero-order valence-corrected chi connectivity index (χ0v) is 12.8. The van der Waals surface area contributed by atoms with Crippen LogP contribution in [0, 0.1) is 34.0 Å². The molecule has 5 nitrogen and oxygen atoms in total. The topological polar surface area (TPSA) is 80.3 Å². The fourth-order valence-electron chi connectivity index (χ4n) is 3.72. The third-order valence-electron chi connectivity index (χ3n) is 5.16. The molecule has 0 aromatic heterocycles. The molecule has 0 radical (unpaired) electrons. The molecule has 21 heavy (non-hydrogen) atoms. The molecule has 5 heteroatoms. The number of piperidine rings is 1. The van der Waals surface area contributed by atoms with Crippen LogP contribution in [-0.2, 0) is 4.74 Å². The van der Waals surface area contributed by atoms with Crippen LogP contribution in [0.25, 0.3) is 0 Å². The first-order valence-corrected chi connectivity index (χ1v) is 7.95. The minimum atomic E-state index is -0.235. The van der Waals surface area contributed by atoms with Crippen molar-refractivity contribution in [1.82, 2.24) is 4.90 Å². The Kier molecular flexibility index (Phi) is 5.58. The molecule has 2 fully saturated rings. The van der Waals surface area contributed by atoms with E-state index in [9.17, 15) is 5.11 Å². The van der Waals surface area contributed by atoms with E-state index < -0.39 is 0 Å². The van der Waals surface area contributed by atoms with Gasteiger partial charge in [0.05, 0.1) is 30.3 Å². The van der Waals surface area contributed by atoms with Crippen LogP contribution < -0.4 is 0 Å². The standard InChI is InChI=1S/C16H25N3O2/c1-2-21-15-10-14(20)16(15)5-8-19(9-6-16)12-13(11-18)4-3-7-17/h13-15,20H,2-6,8-10,12H2,1H3. The lowest BCUT2D eigenvalue weighted by Gasteiger charge is -2.56. The molecule has 0 aromatic rings. The van der Waals surface area contributed by atoms with Crippen molar-refractivity contribution in [2.24, 2.45) is 11.3 Å². The largest absolute Gasteiger partial charge is 0.392 e. The van der Waals surface area contributed by atoms with Crippen molar-refractivity contribution in [3.63, 3.8) is 0 Å². The second-order valence-corrected chi connectivity index (χ2v) is 6.25. The quantitative estimate of drug-likeness (QED) is 0.805. The third-order valence-corrected chi connectivity index (χ3v) is 5.16. The van der Waals surface area contributed by atoms with E-state index in [1.807, 2.05) is 6.92 Å². The first kappa shape index (κ1) is 16.2. The molecule has 2 aliphatic rings. The third kappa shape index (κ3) is 3.37. The van der Waals surface area contributed by atoms with Crippen molar-refractivity contribution in [3.8, 4) is 12.1 Å². The van der Waals surface area contributed by atoms with Gasteiger partial charge in [-0.05, 0) is 39.3 Å². The minimum absolute atomic E-state index is 0.0543. The van der Waals surface area contributed by atoms with Crippen LogP contribution in [0.5, 0.6) is 0 Å².